The first-order valence-corrected chi connectivity index (χ1v) is 9.54. The predicted octanol–water partition coefficient (Wildman–Crippen LogP) is 4.63. The molecule has 1 aliphatic heterocycles. The van der Waals surface area contributed by atoms with Gasteiger partial charge in [-0.1, -0.05) is 25.5 Å². The Balaban J connectivity index is 2.16. The second kappa shape index (κ2) is 6.17. The van der Waals surface area contributed by atoms with E-state index in [9.17, 15) is 20.1 Å². The molecule has 1 atom stereocenters. The smallest absolute Gasteiger partial charge is 0.204 e. The molecule has 3 aromatic rings. The van der Waals surface area contributed by atoms with Crippen molar-refractivity contribution in [2.75, 3.05) is 0 Å². The highest BCUT2D eigenvalue weighted by molar-refractivity contribution is 5.99. The minimum Gasteiger partial charge on any atom is -0.507 e. The fourth-order valence-corrected chi connectivity index (χ4v) is 3.92. The molecule has 1 aliphatic rings. The molecule has 0 bridgehead atoms. The maximum absolute atomic E-state index is 13.5. The molecule has 2 heterocycles. The van der Waals surface area contributed by atoms with Crippen LogP contribution in [0.1, 0.15) is 45.7 Å². The van der Waals surface area contributed by atoms with Gasteiger partial charge in [0.2, 0.25) is 11.2 Å². The highest BCUT2D eigenvalue weighted by Crippen LogP contribution is 2.50. The van der Waals surface area contributed by atoms with Crippen LogP contribution in [0.3, 0.4) is 0 Å². The van der Waals surface area contributed by atoms with E-state index in [2.05, 4.69) is 0 Å². The summed E-state index contributed by atoms with van der Waals surface area (Å²) in [7, 11) is 0. The second-order valence-electron chi connectivity index (χ2n) is 8.48. The Morgan fingerprint density at radius 3 is 2.48 bits per heavy atom. The molecule has 29 heavy (non-hydrogen) atoms. The highest BCUT2D eigenvalue weighted by Gasteiger charge is 2.42. The molecule has 0 fully saturated rings. The number of allylic oxidation sites excluding steroid dienone is 2. The number of rotatable bonds is 2. The van der Waals surface area contributed by atoms with Gasteiger partial charge in [-0.3, -0.25) is 4.79 Å². The summed E-state index contributed by atoms with van der Waals surface area (Å²) in [6, 6.07) is 2.93. The van der Waals surface area contributed by atoms with Gasteiger partial charge in [-0.2, -0.15) is 0 Å². The van der Waals surface area contributed by atoms with Gasteiger partial charge in [0.1, 0.15) is 28.6 Å². The van der Waals surface area contributed by atoms with Crippen molar-refractivity contribution in [2.45, 2.75) is 52.6 Å². The monoisotopic (exact) mass is 396 g/mol. The summed E-state index contributed by atoms with van der Waals surface area (Å²) < 4.78 is 11.7. The van der Waals surface area contributed by atoms with E-state index in [-0.39, 0.29) is 39.5 Å². The Kier molecular flexibility index (Phi) is 4.08. The number of fused-ring (bicyclic) bond motifs is 3. The van der Waals surface area contributed by atoms with Crippen molar-refractivity contribution in [1.82, 2.24) is 0 Å². The molecular formula is C23H24O6. The molecule has 2 aromatic carbocycles. The molecular weight excluding hydrogens is 372 g/mol. The van der Waals surface area contributed by atoms with E-state index in [4.69, 9.17) is 9.15 Å². The minimum atomic E-state index is -0.505. The first-order chi connectivity index (χ1) is 13.5. The average molecular weight is 396 g/mol. The van der Waals surface area contributed by atoms with Crippen LogP contribution in [-0.4, -0.2) is 21.4 Å². The highest BCUT2D eigenvalue weighted by atomic mass is 16.5. The summed E-state index contributed by atoms with van der Waals surface area (Å²) in [6.45, 7) is 9.65. The molecule has 0 radical (unpaired) electrons. The minimum absolute atomic E-state index is 0.0468. The van der Waals surface area contributed by atoms with Crippen molar-refractivity contribution in [3.8, 4) is 23.0 Å². The topological polar surface area (TPSA) is 100 Å². The van der Waals surface area contributed by atoms with Crippen LogP contribution in [0.5, 0.6) is 23.0 Å². The summed E-state index contributed by atoms with van der Waals surface area (Å²) in [6.07, 6.45) is 2.09. The number of phenols is 3. The molecule has 6 nitrogen and oxygen atoms in total. The Morgan fingerprint density at radius 2 is 1.83 bits per heavy atom. The van der Waals surface area contributed by atoms with Gasteiger partial charge in [-0.25, -0.2) is 0 Å². The van der Waals surface area contributed by atoms with Gasteiger partial charge in [0, 0.05) is 17.0 Å². The summed E-state index contributed by atoms with van der Waals surface area (Å²) >= 11 is 0. The molecule has 4 rings (SSSR count). The molecule has 0 saturated carbocycles. The lowest BCUT2D eigenvalue weighted by molar-refractivity contribution is 0.185. The lowest BCUT2D eigenvalue weighted by Gasteiger charge is -2.22. The number of benzene rings is 2. The van der Waals surface area contributed by atoms with E-state index in [1.54, 1.807) is 6.07 Å². The van der Waals surface area contributed by atoms with Crippen LogP contribution in [0.4, 0.5) is 0 Å². The van der Waals surface area contributed by atoms with E-state index in [1.165, 1.54) is 6.07 Å². The van der Waals surface area contributed by atoms with Crippen molar-refractivity contribution < 1.29 is 24.5 Å². The summed E-state index contributed by atoms with van der Waals surface area (Å²) in [4.78, 5) is 13.5. The summed E-state index contributed by atoms with van der Waals surface area (Å²) in [5.41, 5.74) is 1.17. The van der Waals surface area contributed by atoms with Crippen LogP contribution < -0.4 is 10.2 Å². The molecule has 6 heteroatoms. The first-order valence-electron chi connectivity index (χ1n) is 9.54. The van der Waals surface area contributed by atoms with E-state index < -0.39 is 16.6 Å². The molecule has 3 N–H and O–H groups in total. The second-order valence-corrected chi connectivity index (χ2v) is 8.48. The van der Waals surface area contributed by atoms with Crippen molar-refractivity contribution in [3.63, 3.8) is 0 Å². The third-order valence-electron chi connectivity index (χ3n) is 5.91. The van der Waals surface area contributed by atoms with Crippen LogP contribution in [0, 0.1) is 0 Å². The number of hydrogen-bond donors (Lipinski definition) is 3. The quantitative estimate of drug-likeness (QED) is 0.332. The van der Waals surface area contributed by atoms with Crippen molar-refractivity contribution in [2.24, 2.45) is 0 Å². The van der Waals surface area contributed by atoms with Crippen LogP contribution >= 0.6 is 0 Å². The maximum Gasteiger partial charge on any atom is 0.204 e. The Hall–Kier alpha value is -3.15. The molecule has 152 valence electrons. The van der Waals surface area contributed by atoms with E-state index in [0.29, 0.717) is 23.3 Å². The van der Waals surface area contributed by atoms with Gasteiger partial charge >= 0.3 is 0 Å². The van der Waals surface area contributed by atoms with Crippen LogP contribution in [0.25, 0.3) is 21.9 Å². The molecule has 0 aliphatic carbocycles. The Bertz CT molecular complexity index is 1260. The van der Waals surface area contributed by atoms with E-state index in [1.807, 2.05) is 40.7 Å². The van der Waals surface area contributed by atoms with Crippen LogP contribution in [0.15, 0.2) is 33.0 Å². The number of hydrogen-bond acceptors (Lipinski definition) is 6. The number of phenolic OH excluding ortho intramolecular Hbond substituents is 3. The standard InChI is InChI=1S/C23H24O6/c1-10(2)6-7-12-8-13(24)19(25)22-16(12)20(26)17-14(29-22)9-15-18(21(17)27)23(4,5)11(3)28-15/h6,8-9,11,24-25,27H,7H2,1-5H3. The fraction of sp³-hybridized carbons (Fsp3) is 0.348. The van der Waals surface area contributed by atoms with E-state index >= 15 is 0 Å². The zero-order valence-corrected chi connectivity index (χ0v) is 17.1. The van der Waals surface area contributed by atoms with E-state index in [0.717, 1.165) is 5.57 Å². The van der Waals surface area contributed by atoms with Crippen molar-refractivity contribution in [3.05, 3.63) is 45.1 Å². The van der Waals surface area contributed by atoms with Crippen molar-refractivity contribution >= 4 is 21.9 Å². The Labute approximate surface area is 167 Å². The van der Waals surface area contributed by atoms with Gasteiger partial charge in [-0.05, 0) is 38.8 Å². The number of aromatic hydroxyl groups is 3. The van der Waals surface area contributed by atoms with Crippen LogP contribution in [-0.2, 0) is 11.8 Å². The normalized spacial score (nSPS) is 17.3. The van der Waals surface area contributed by atoms with Gasteiger partial charge in [0.25, 0.3) is 0 Å². The molecule has 0 amide bonds. The molecule has 1 unspecified atom stereocenters. The van der Waals surface area contributed by atoms with Gasteiger partial charge in [-0.15, -0.1) is 0 Å². The zero-order chi connectivity index (χ0) is 21.2. The zero-order valence-electron chi connectivity index (χ0n) is 17.1. The van der Waals surface area contributed by atoms with Gasteiger partial charge in [0.05, 0.1) is 5.39 Å². The third kappa shape index (κ3) is 2.66. The molecule has 0 spiro atoms. The first kappa shape index (κ1) is 19.2. The lowest BCUT2D eigenvalue weighted by atomic mass is 9.80. The average Bonchev–Trinajstić information content (AvgIpc) is 2.85. The fourth-order valence-electron chi connectivity index (χ4n) is 3.92. The van der Waals surface area contributed by atoms with Crippen LogP contribution in [0.2, 0.25) is 0 Å². The largest absolute Gasteiger partial charge is 0.507 e. The summed E-state index contributed by atoms with van der Waals surface area (Å²) in [5, 5.41) is 31.7. The predicted molar refractivity (Wildman–Crippen MR) is 111 cm³/mol. The molecule has 1 aromatic heterocycles. The van der Waals surface area contributed by atoms with Gasteiger partial charge in [0.15, 0.2) is 11.3 Å². The third-order valence-corrected chi connectivity index (χ3v) is 5.91. The lowest BCUT2D eigenvalue weighted by Crippen LogP contribution is -2.29. The number of ether oxygens (including phenoxy) is 1. The SMILES string of the molecule is CC(C)=CCc1cc(O)c(O)c2oc3cc4c(c(O)c3c(=O)c12)C(C)(C)C(C)O4. The Morgan fingerprint density at radius 1 is 1.14 bits per heavy atom. The van der Waals surface area contributed by atoms with Gasteiger partial charge < -0.3 is 24.5 Å². The summed E-state index contributed by atoms with van der Waals surface area (Å²) in [5.74, 6) is -0.592. The maximum atomic E-state index is 13.5. The molecule has 0 saturated heterocycles. The van der Waals surface area contributed by atoms with Crippen molar-refractivity contribution in [1.29, 1.82) is 0 Å².